The van der Waals surface area contributed by atoms with E-state index in [1.54, 1.807) is 0 Å². The molecule has 2 aromatic rings. The molecule has 0 aliphatic heterocycles. The molecule has 20 heavy (non-hydrogen) atoms. The first kappa shape index (κ1) is 13.8. The van der Waals surface area contributed by atoms with E-state index in [0.717, 1.165) is 18.3 Å². The van der Waals surface area contributed by atoms with Crippen molar-refractivity contribution in [2.45, 2.75) is 12.7 Å². The summed E-state index contributed by atoms with van der Waals surface area (Å²) in [4.78, 5) is 22.6. The summed E-state index contributed by atoms with van der Waals surface area (Å²) < 4.78 is 36.9. The zero-order chi connectivity index (χ0) is 14.8. The highest BCUT2D eigenvalue weighted by Gasteiger charge is 2.33. The summed E-state index contributed by atoms with van der Waals surface area (Å²) in [5.41, 5.74) is -1.54. The van der Waals surface area contributed by atoms with E-state index in [-0.39, 0.29) is 17.8 Å². The van der Waals surface area contributed by atoms with Crippen molar-refractivity contribution < 1.29 is 18.0 Å². The number of hydrogen-bond acceptors (Lipinski definition) is 4. The van der Waals surface area contributed by atoms with Crippen LogP contribution in [0.4, 0.5) is 13.2 Å². The van der Waals surface area contributed by atoms with E-state index in [1.165, 1.54) is 0 Å². The minimum atomic E-state index is -4.55. The van der Waals surface area contributed by atoms with Crippen LogP contribution in [-0.2, 0) is 12.7 Å². The number of carbonyl (C=O) groups is 1. The Bertz CT molecular complexity index is 676. The zero-order valence-corrected chi connectivity index (χ0v) is 9.78. The molecule has 2 heterocycles. The lowest BCUT2D eigenvalue weighted by molar-refractivity contribution is -0.141. The number of hydrogen-bond donors (Lipinski definition) is 3. The molecule has 0 fully saturated rings. The quantitative estimate of drug-likeness (QED) is 0.762. The van der Waals surface area contributed by atoms with Crippen LogP contribution in [0, 0.1) is 0 Å². The second-order valence-electron chi connectivity index (χ2n) is 3.79. The maximum atomic E-state index is 12.3. The molecule has 0 bridgehead atoms. The van der Waals surface area contributed by atoms with Gasteiger partial charge in [0.1, 0.15) is 0 Å². The van der Waals surface area contributed by atoms with Gasteiger partial charge in [-0.2, -0.15) is 23.4 Å². The highest BCUT2D eigenvalue weighted by Crippen LogP contribution is 2.27. The van der Waals surface area contributed by atoms with Crippen molar-refractivity contribution in [2.24, 2.45) is 0 Å². The van der Waals surface area contributed by atoms with Gasteiger partial charge in [0, 0.05) is 6.07 Å². The van der Waals surface area contributed by atoms with Crippen LogP contribution in [0.5, 0.6) is 0 Å². The van der Waals surface area contributed by atoms with Crippen molar-refractivity contribution in [2.75, 3.05) is 0 Å². The molecule has 2 rings (SSSR count). The number of aromatic nitrogens is 4. The lowest BCUT2D eigenvalue weighted by Gasteiger charge is -2.02. The minimum absolute atomic E-state index is 0.00399. The maximum absolute atomic E-state index is 12.3. The van der Waals surface area contributed by atoms with Gasteiger partial charge in [-0.15, -0.1) is 0 Å². The number of amides is 1. The van der Waals surface area contributed by atoms with Crippen LogP contribution < -0.4 is 10.9 Å². The molecule has 106 valence electrons. The van der Waals surface area contributed by atoms with Crippen LogP contribution in [0.2, 0.25) is 0 Å². The van der Waals surface area contributed by atoms with E-state index in [9.17, 15) is 22.8 Å². The van der Waals surface area contributed by atoms with Crippen molar-refractivity contribution >= 4 is 5.91 Å². The number of halogens is 3. The average molecular weight is 287 g/mol. The molecule has 1 amide bonds. The van der Waals surface area contributed by atoms with E-state index in [4.69, 9.17) is 0 Å². The number of H-pyrrole nitrogens is 2. The van der Waals surface area contributed by atoms with Gasteiger partial charge in [0.05, 0.1) is 24.0 Å². The largest absolute Gasteiger partial charge is 0.435 e. The monoisotopic (exact) mass is 287 g/mol. The third kappa shape index (κ3) is 3.22. The lowest BCUT2D eigenvalue weighted by atomic mass is 10.3. The topological polar surface area (TPSA) is 104 Å². The predicted molar refractivity (Wildman–Crippen MR) is 59.6 cm³/mol. The van der Waals surface area contributed by atoms with Crippen LogP contribution in [0.1, 0.15) is 21.7 Å². The van der Waals surface area contributed by atoms with Crippen LogP contribution in [0.25, 0.3) is 0 Å². The highest BCUT2D eigenvalue weighted by atomic mass is 19.4. The van der Waals surface area contributed by atoms with E-state index in [2.05, 4.69) is 25.7 Å². The van der Waals surface area contributed by atoms with Crippen molar-refractivity contribution in [3.05, 3.63) is 45.6 Å². The summed E-state index contributed by atoms with van der Waals surface area (Å²) >= 11 is 0. The van der Waals surface area contributed by atoms with Crippen LogP contribution in [-0.4, -0.2) is 26.3 Å². The van der Waals surface area contributed by atoms with Crippen molar-refractivity contribution in [3.8, 4) is 0 Å². The second-order valence-corrected chi connectivity index (χ2v) is 3.79. The summed E-state index contributed by atoms with van der Waals surface area (Å²) in [6.45, 7) is -0.186. The van der Waals surface area contributed by atoms with Gasteiger partial charge < -0.3 is 5.32 Å². The van der Waals surface area contributed by atoms with Gasteiger partial charge in [0.2, 0.25) is 0 Å². The molecule has 0 saturated heterocycles. The molecule has 2 aromatic heterocycles. The Balaban J connectivity index is 2.00. The molecular weight excluding hydrogens is 279 g/mol. The van der Waals surface area contributed by atoms with Gasteiger partial charge in [-0.25, -0.2) is 5.10 Å². The van der Waals surface area contributed by atoms with Gasteiger partial charge in [-0.3, -0.25) is 14.7 Å². The fourth-order valence-corrected chi connectivity index (χ4v) is 1.38. The number of nitrogens with one attached hydrogen (secondary N) is 3. The summed E-state index contributed by atoms with van der Waals surface area (Å²) in [6.07, 6.45) is -3.42. The van der Waals surface area contributed by atoms with Crippen LogP contribution in [0.3, 0.4) is 0 Å². The highest BCUT2D eigenvalue weighted by molar-refractivity contribution is 5.93. The van der Waals surface area contributed by atoms with Gasteiger partial charge in [0.25, 0.3) is 11.5 Å². The first-order valence-electron chi connectivity index (χ1n) is 5.30. The van der Waals surface area contributed by atoms with Gasteiger partial charge in [-0.1, -0.05) is 0 Å². The summed E-state index contributed by atoms with van der Waals surface area (Å²) in [5, 5.41) is 13.1. The third-order valence-electron chi connectivity index (χ3n) is 2.29. The molecule has 10 heteroatoms. The smallest absolute Gasteiger partial charge is 0.346 e. The fraction of sp³-hybridized carbons (Fsp3) is 0.200. The van der Waals surface area contributed by atoms with Gasteiger partial charge >= 0.3 is 6.18 Å². The first-order valence-corrected chi connectivity index (χ1v) is 5.30. The second kappa shape index (κ2) is 5.15. The maximum Gasteiger partial charge on any atom is 0.435 e. The van der Waals surface area contributed by atoms with Crippen LogP contribution in [0.15, 0.2) is 23.1 Å². The molecule has 0 aromatic carbocycles. The van der Waals surface area contributed by atoms with Gasteiger partial charge in [0.15, 0.2) is 5.69 Å². The minimum Gasteiger partial charge on any atom is -0.346 e. The number of carbonyl (C=O) groups excluding carboxylic acids is 1. The molecule has 0 saturated carbocycles. The molecule has 0 spiro atoms. The number of alkyl halides is 3. The van der Waals surface area contributed by atoms with Gasteiger partial charge in [-0.05, 0) is 6.07 Å². The SMILES string of the molecule is O=C(NCc1cc(C(F)(F)F)n[nH]1)c1cn[nH]c(=O)c1. The van der Waals surface area contributed by atoms with Crippen LogP contribution >= 0.6 is 0 Å². The Morgan fingerprint density at radius 2 is 2.05 bits per heavy atom. The number of aromatic amines is 2. The molecule has 0 aliphatic rings. The molecule has 0 radical (unpaired) electrons. The zero-order valence-electron chi connectivity index (χ0n) is 9.78. The number of nitrogens with zero attached hydrogens (tertiary/aromatic N) is 2. The normalized spacial score (nSPS) is 11.3. The standard InChI is InChI=1S/C10H8F3N5O2/c11-10(12,13)7-2-6(16-17-7)4-14-9(20)5-1-8(19)18-15-3-5/h1-3H,4H2,(H,14,20)(H,16,17)(H,18,19). The average Bonchev–Trinajstić information content (AvgIpc) is 2.84. The lowest BCUT2D eigenvalue weighted by Crippen LogP contribution is -2.24. The Morgan fingerprint density at radius 3 is 2.65 bits per heavy atom. The Labute approximate surface area is 109 Å². The summed E-state index contributed by atoms with van der Waals surface area (Å²) in [6, 6.07) is 1.81. The van der Waals surface area contributed by atoms with Crippen molar-refractivity contribution in [1.82, 2.24) is 25.7 Å². The third-order valence-corrected chi connectivity index (χ3v) is 2.29. The summed E-state index contributed by atoms with van der Waals surface area (Å²) in [7, 11) is 0. The van der Waals surface area contributed by atoms with E-state index in [0.29, 0.717) is 0 Å². The molecule has 0 aliphatic carbocycles. The Hall–Kier alpha value is -2.65. The molecule has 3 N–H and O–H groups in total. The number of rotatable bonds is 3. The fourth-order valence-electron chi connectivity index (χ4n) is 1.38. The first-order chi connectivity index (χ1) is 9.36. The van der Waals surface area contributed by atoms with Crippen molar-refractivity contribution in [1.29, 1.82) is 0 Å². The predicted octanol–water partition coefficient (Wildman–Crippen LogP) is 0.442. The molecule has 0 unspecified atom stereocenters. The Kier molecular flexibility index (Phi) is 3.55. The molecule has 7 nitrogen and oxygen atoms in total. The summed E-state index contributed by atoms with van der Waals surface area (Å²) in [5.74, 6) is -0.633. The Morgan fingerprint density at radius 1 is 1.30 bits per heavy atom. The molecular formula is C10H8F3N5O2. The van der Waals surface area contributed by atoms with E-state index in [1.807, 2.05) is 0 Å². The van der Waals surface area contributed by atoms with Crippen molar-refractivity contribution in [3.63, 3.8) is 0 Å². The van der Waals surface area contributed by atoms with E-state index >= 15 is 0 Å². The molecule has 0 atom stereocenters. The van der Waals surface area contributed by atoms with E-state index < -0.39 is 23.3 Å².